The number of rotatable bonds is 12. The number of aryl methyl sites for hydroxylation is 1. The van der Waals surface area contributed by atoms with Crippen LogP contribution in [0.2, 0.25) is 0 Å². The van der Waals surface area contributed by atoms with E-state index in [-0.39, 0.29) is 0 Å². The van der Waals surface area contributed by atoms with E-state index in [0.29, 0.717) is 38.4 Å². The van der Waals surface area contributed by atoms with Gasteiger partial charge in [0.2, 0.25) is 0 Å². The summed E-state index contributed by atoms with van der Waals surface area (Å²) in [7, 11) is 1.80. The van der Waals surface area contributed by atoms with Crippen LogP contribution in [0.15, 0.2) is 23.2 Å². The molecule has 0 fully saturated rings. The summed E-state index contributed by atoms with van der Waals surface area (Å²) in [5.74, 6) is 1.70. The number of hydrogen-bond acceptors (Lipinski definition) is 4. The number of nitrogens with zero attached hydrogens (tertiary/aromatic N) is 2. The van der Waals surface area contributed by atoms with Gasteiger partial charge in [-0.15, -0.1) is 0 Å². The number of ether oxygens (including phenoxy) is 2. The molecule has 1 aromatic carbocycles. The summed E-state index contributed by atoms with van der Waals surface area (Å²) in [6.07, 6.45) is 0. The van der Waals surface area contributed by atoms with Crippen molar-refractivity contribution in [2.24, 2.45) is 4.99 Å². The second-order valence-electron chi connectivity index (χ2n) is 7.43. The highest BCUT2D eigenvalue weighted by Crippen LogP contribution is 2.20. The van der Waals surface area contributed by atoms with Gasteiger partial charge in [0.1, 0.15) is 12.4 Å². The molecule has 2 N–H and O–H groups in total. The SMILES string of the molecule is CCOCCOc1cc(C)ccc1CNC(=NC)NCCN(C(C)C)C(C)C. The van der Waals surface area contributed by atoms with E-state index < -0.39 is 0 Å². The van der Waals surface area contributed by atoms with Crippen molar-refractivity contribution in [3.63, 3.8) is 0 Å². The Morgan fingerprint density at radius 2 is 1.82 bits per heavy atom. The van der Waals surface area contributed by atoms with Crippen molar-refractivity contribution in [3.8, 4) is 5.75 Å². The molecule has 0 amide bonds. The van der Waals surface area contributed by atoms with E-state index >= 15 is 0 Å². The first-order valence-electron chi connectivity index (χ1n) is 10.4. The van der Waals surface area contributed by atoms with Gasteiger partial charge in [-0.1, -0.05) is 12.1 Å². The van der Waals surface area contributed by atoms with E-state index in [4.69, 9.17) is 9.47 Å². The maximum absolute atomic E-state index is 5.92. The van der Waals surface area contributed by atoms with E-state index in [0.717, 1.165) is 30.4 Å². The molecule has 28 heavy (non-hydrogen) atoms. The van der Waals surface area contributed by atoms with Crippen molar-refractivity contribution < 1.29 is 9.47 Å². The molecule has 160 valence electrons. The molecule has 6 heteroatoms. The van der Waals surface area contributed by atoms with Crippen LogP contribution in [0.25, 0.3) is 0 Å². The molecule has 1 rings (SSSR count). The van der Waals surface area contributed by atoms with Gasteiger partial charge in [-0.2, -0.15) is 0 Å². The van der Waals surface area contributed by atoms with Gasteiger partial charge in [0.05, 0.1) is 6.61 Å². The Bertz CT molecular complexity index is 580. The summed E-state index contributed by atoms with van der Waals surface area (Å²) >= 11 is 0. The molecule has 1 aromatic rings. The van der Waals surface area contributed by atoms with Gasteiger partial charge in [0, 0.05) is 50.9 Å². The van der Waals surface area contributed by atoms with Crippen LogP contribution in [0.5, 0.6) is 5.75 Å². The van der Waals surface area contributed by atoms with E-state index in [2.05, 4.69) is 73.3 Å². The zero-order valence-corrected chi connectivity index (χ0v) is 18.8. The van der Waals surface area contributed by atoms with Crippen molar-refractivity contribution in [2.75, 3.05) is 40.0 Å². The fourth-order valence-electron chi connectivity index (χ4n) is 3.11. The van der Waals surface area contributed by atoms with Gasteiger partial charge in [0.15, 0.2) is 5.96 Å². The maximum Gasteiger partial charge on any atom is 0.191 e. The first-order chi connectivity index (χ1) is 13.4. The molecular formula is C22H40N4O2. The van der Waals surface area contributed by atoms with Gasteiger partial charge in [-0.05, 0) is 53.2 Å². The average molecular weight is 393 g/mol. The lowest BCUT2D eigenvalue weighted by atomic mass is 10.1. The van der Waals surface area contributed by atoms with Crippen LogP contribution in [0.4, 0.5) is 0 Å². The molecule has 0 aliphatic rings. The highest BCUT2D eigenvalue weighted by atomic mass is 16.5. The first kappa shape index (κ1) is 24.2. The highest BCUT2D eigenvalue weighted by Gasteiger charge is 2.13. The van der Waals surface area contributed by atoms with Crippen LogP contribution in [0, 0.1) is 6.92 Å². The largest absolute Gasteiger partial charge is 0.491 e. The van der Waals surface area contributed by atoms with Crippen molar-refractivity contribution in [3.05, 3.63) is 29.3 Å². The molecule has 0 aliphatic carbocycles. The summed E-state index contributed by atoms with van der Waals surface area (Å²) in [5.41, 5.74) is 2.29. The minimum absolute atomic E-state index is 0.528. The van der Waals surface area contributed by atoms with E-state index in [1.807, 2.05) is 6.92 Å². The van der Waals surface area contributed by atoms with Crippen LogP contribution >= 0.6 is 0 Å². The fourth-order valence-corrected chi connectivity index (χ4v) is 3.11. The summed E-state index contributed by atoms with van der Waals surface area (Å²) in [4.78, 5) is 6.80. The summed E-state index contributed by atoms with van der Waals surface area (Å²) < 4.78 is 11.3. The molecule has 0 aliphatic heterocycles. The number of nitrogens with one attached hydrogen (secondary N) is 2. The van der Waals surface area contributed by atoms with Crippen molar-refractivity contribution in [2.45, 2.75) is 60.2 Å². The van der Waals surface area contributed by atoms with E-state index in [1.165, 1.54) is 5.56 Å². The molecule has 0 bridgehead atoms. The van der Waals surface area contributed by atoms with Crippen LogP contribution in [-0.4, -0.2) is 62.9 Å². The zero-order valence-electron chi connectivity index (χ0n) is 18.8. The summed E-state index contributed by atoms with van der Waals surface area (Å²) in [6.45, 7) is 17.3. The summed E-state index contributed by atoms with van der Waals surface area (Å²) in [6, 6.07) is 7.33. The number of aliphatic imine (C=N–C) groups is 1. The van der Waals surface area contributed by atoms with Crippen molar-refractivity contribution in [1.29, 1.82) is 0 Å². The van der Waals surface area contributed by atoms with Crippen molar-refractivity contribution >= 4 is 5.96 Å². The minimum Gasteiger partial charge on any atom is -0.491 e. The van der Waals surface area contributed by atoms with E-state index in [9.17, 15) is 0 Å². The zero-order chi connectivity index (χ0) is 20.9. The van der Waals surface area contributed by atoms with Crippen molar-refractivity contribution in [1.82, 2.24) is 15.5 Å². The monoisotopic (exact) mass is 392 g/mol. The molecule has 0 spiro atoms. The van der Waals surface area contributed by atoms with Crippen LogP contribution in [0.3, 0.4) is 0 Å². The second kappa shape index (κ2) is 13.4. The molecule has 0 atom stereocenters. The summed E-state index contributed by atoms with van der Waals surface area (Å²) in [5, 5.41) is 6.80. The quantitative estimate of drug-likeness (QED) is 0.325. The van der Waals surface area contributed by atoms with Crippen LogP contribution < -0.4 is 15.4 Å². The molecule has 0 saturated heterocycles. The maximum atomic E-state index is 5.92. The Morgan fingerprint density at radius 1 is 1.11 bits per heavy atom. The Labute approximate surface area is 171 Å². The van der Waals surface area contributed by atoms with Crippen LogP contribution in [-0.2, 0) is 11.3 Å². The predicted molar refractivity (Wildman–Crippen MR) is 118 cm³/mol. The predicted octanol–water partition coefficient (Wildman–Crippen LogP) is 3.19. The molecule has 0 radical (unpaired) electrons. The molecule has 0 unspecified atom stereocenters. The number of benzene rings is 1. The van der Waals surface area contributed by atoms with Gasteiger partial charge in [-0.3, -0.25) is 9.89 Å². The first-order valence-corrected chi connectivity index (χ1v) is 10.4. The Balaban J connectivity index is 2.56. The number of hydrogen-bond donors (Lipinski definition) is 2. The Hall–Kier alpha value is -1.79. The van der Waals surface area contributed by atoms with E-state index in [1.54, 1.807) is 7.05 Å². The lowest BCUT2D eigenvalue weighted by Gasteiger charge is -2.30. The third kappa shape index (κ3) is 8.93. The van der Waals surface area contributed by atoms with Gasteiger partial charge in [-0.25, -0.2) is 0 Å². The Morgan fingerprint density at radius 3 is 2.43 bits per heavy atom. The lowest BCUT2D eigenvalue weighted by molar-refractivity contribution is 0.110. The standard InChI is InChI=1S/C22H40N4O2/c1-8-27-13-14-28-21-15-19(6)9-10-20(21)16-25-22(23-7)24-11-12-26(17(2)3)18(4)5/h9-10,15,17-18H,8,11-14,16H2,1-7H3,(H2,23,24,25). The molecular weight excluding hydrogens is 352 g/mol. The third-order valence-electron chi connectivity index (χ3n) is 4.57. The molecule has 0 heterocycles. The number of guanidine groups is 1. The Kier molecular flexibility index (Phi) is 11.6. The third-order valence-corrected chi connectivity index (χ3v) is 4.57. The minimum atomic E-state index is 0.528. The van der Waals surface area contributed by atoms with Gasteiger partial charge in [0.25, 0.3) is 0 Å². The normalized spacial score (nSPS) is 12.1. The smallest absolute Gasteiger partial charge is 0.191 e. The van der Waals surface area contributed by atoms with Gasteiger partial charge < -0.3 is 20.1 Å². The second-order valence-corrected chi connectivity index (χ2v) is 7.43. The van der Waals surface area contributed by atoms with Gasteiger partial charge >= 0.3 is 0 Å². The van der Waals surface area contributed by atoms with Crippen LogP contribution in [0.1, 0.15) is 45.7 Å². The fraction of sp³-hybridized carbons (Fsp3) is 0.682. The lowest BCUT2D eigenvalue weighted by Crippen LogP contribution is -2.45. The topological polar surface area (TPSA) is 58.1 Å². The molecule has 0 saturated carbocycles. The average Bonchev–Trinajstić information content (AvgIpc) is 2.65. The molecule has 0 aromatic heterocycles. The highest BCUT2D eigenvalue weighted by molar-refractivity contribution is 5.79. The molecule has 6 nitrogen and oxygen atoms in total.